The highest BCUT2D eigenvalue weighted by atomic mass is 16.5. The summed E-state index contributed by atoms with van der Waals surface area (Å²) in [5, 5.41) is 4.17. The van der Waals surface area contributed by atoms with Gasteiger partial charge in [-0.2, -0.15) is 5.10 Å². The van der Waals surface area contributed by atoms with E-state index in [1.165, 1.54) is 0 Å². The van der Waals surface area contributed by atoms with E-state index in [9.17, 15) is 9.59 Å². The van der Waals surface area contributed by atoms with E-state index in [4.69, 9.17) is 4.74 Å². The van der Waals surface area contributed by atoms with Gasteiger partial charge < -0.3 is 14.5 Å². The average molecular weight is 292 g/mol. The molecule has 0 unspecified atom stereocenters. The summed E-state index contributed by atoms with van der Waals surface area (Å²) in [5.41, 5.74) is 0.468. The van der Waals surface area contributed by atoms with Gasteiger partial charge in [-0.25, -0.2) is 0 Å². The second-order valence-corrected chi connectivity index (χ2v) is 5.80. The lowest BCUT2D eigenvalue weighted by molar-refractivity contribution is -0.133. The van der Waals surface area contributed by atoms with Crippen molar-refractivity contribution in [3.63, 3.8) is 0 Å². The molecule has 2 atom stereocenters. The Morgan fingerprint density at radius 1 is 1.38 bits per heavy atom. The Labute approximate surface area is 123 Å². The number of fused-ring (bicyclic) bond motifs is 1. The van der Waals surface area contributed by atoms with E-state index >= 15 is 0 Å². The molecule has 1 aromatic heterocycles. The van der Waals surface area contributed by atoms with Gasteiger partial charge in [0, 0.05) is 45.8 Å². The highest BCUT2D eigenvalue weighted by molar-refractivity contribution is 5.92. The third-order valence-corrected chi connectivity index (χ3v) is 4.24. The smallest absolute Gasteiger partial charge is 0.274 e. The van der Waals surface area contributed by atoms with E-state index in [0.717, 1.165) is 6.42 Å². The molecule has 7 heteroatoms. The van der Waals surface area contributed by atoms with Crippen LogP contribution in [0.1, 0.15) is 16.9 Å². The number of rotatable bonds is 1. The zero-order valence-electron chi connectivity index (χ0n) is 12.4. The van der Waals surface area contributed by atoms with Crippen molar-refractivity contribution in [1.29, 1.82) is 0 Å². The van der Waals surface area contributed by atoms with Gasteiger partial charge in [0.1, 0.15) is 12.3 Å². The van der Waals surface area contributed by atoms with Crippen LogP contribution in [0.5, 0.6) is 0 Å². The average Bonchev–Trinajstić information content (AvgIpc) is 2.85. The van der Waals surface area contributed by atoms with Gasteiger partial charge in [0.05, 0.1) is 6.10 Å². The molecule has 2 saturated heterocycles. The minimum atomic E-state index is -0.0488. The van der Waals surface area contributed by atoms with Crippen LogP contribution in [0.15, 0.2) is 12.3 Å². The lowest BCUT2D eigenvalue weighted by Gasteiger charge is -2.37. The molecule has 1 aromatic rings. The van der Waals surface area contributed by atoms with Gasteiger partial charge in [-0.15, -0.1) is 0 Å². The van der Waals surface area contributed by atoms with Crippen molar-refractivity contribution < 1.29 is 14.3 Å². The summed E-state index contributed by atoms with van der Waals surface area (Å²) in [6, 6.07) is 1.73. The third-order valence-electron chi connectivity index (χ3n) is 4.24. The summed E-state index contributed by atoms with van der Waals surface area (Å²) in [5.74, 6) is 0.127. The molecule has 0 bridgehead atoms. The van der Waals surface area contributed by atoms with Crippen LogP contribution in [0, 0.1) is 5.92 Å². The number of carbonyl (C=O) groups is 2. The largest absolute Gasteiger partial charge is 0.368 e. The van der Waals surface area contributed by atoms with Gasteiger partial charge in [0.15, 0.2) is 0 Å². The summed E-state index contributed by atoms with van der Waals surface area (Å²) in [6.07, 6.45) is 2.60. The zero-order chi connectivity index (χ0) is 15.0. The van der Waals surface area contributed by atoms with Crippen LogP contribution >= 0.6 is 0 Å². The SMILES string of the molecule is CN1C[C@H]2CN(C(=O)c3ccn(C)n3)CC[C@@H]2OCC1=O. The van der Waals surface area contributed by atoms with Crippen LogP contribution < -0.4 is 0 Å². The first-order chi connectivity index (χ1) is 10.0. The first kappa shape index (κ1) is 14.1. The first-order valence-corrected chi connectivity index (χ1v) is 7.19. The molecule has 0 saturated carbocycles. The number of nitrogens with zero attached hydrogens (tertiary/aromatic N) is 4. The van der Waals surface area contributed by atoms with E-state index in [1.54, 1.807) is 35.9 Å². The fraction of sp³-hybridized carbons (Fsp3) is 0.643. The summed E-state index contributed by atoms with van der Waals surface area (Å²) in [6.45, 7) is 2.04. The number of aromatic nitrogens is 2. The number of ether oxygens (including phenoxy) is 1. The second kappa shape index (κ2) is 5.48. The Hall–Kier alpha value is -1.89. The molecule has 0 aliphatic carbocycles. The number of amides is 2. The standard InChI is InChI=1S/C14H20N4O3/c1-16-7-10-8-18(6-4-12(10)21-9-13(16)19)14(20)11-3-5-17(2)15-11/h3,5,10,12H,4,6-9H2,1-2H3/t10-,12-/m0/s1. The Balaban J connectivity index is 1.70. The monoisotopic (exact) mass is 292 g/mol. The number of likely N-dealkylation sites (tertiary alicyclic amines) is 1. The number of hydrogen-bond acceptors (Lipinski definition) is 4. The Kier molecular flexibility index (Phi) is 3.67. The summed E-state index contributed by atoms with van der Waals surface area (Å²) >= 11 is 0. The third kappa shape index (κ3) is 2.78. The second-order valence-electron chi connectivity index (χ2n) is 5.80. The molecule has 0 N–H and O–H groups in total. The van der Waals surface area contributed by atoms with Crippen LogP contribution in [0.4, 0.5) is 0 Å². The van der Waals surface area contributed by atoms with Crippen molar-refractivity contribution in [1.82, 2.24) is 19.6 Å². The molecule has 2 fully saturated rings. The molecule has 0 radical (unpaired) electrons. The van der Waals surface area contributed by atoms with Gasteiger partial charge in [0.25, 0.3) is 5.91 Å². The fourth-order valence-corrected chi connectivity index (χ4v) is 3.02. The molecule has 2 amide bonds. The van der Waals surface area contributed by atoms with Crippen molar-refractivity contribution >= 4 is 11.8 Å². The van der Waals surface area contributed by atoms with Crippen molar-refractivity contribution in [2.75, 3.05) is 33.3 Å². The fourth-order valence-electron chi connectivity index (χ4n) is 3.02. The van der Waals surface area contributed by atoms with Crippen LogP contribution in [0.2, 0.25) is 0 Å². The lowest BCUT2D eigenvalue weighted by Crippen LogP contribution is -2.49. The summed E-state index contributed by atoms with van der Waals surface area (Å²) in [4.78, 5) is 27.7. The molecule has 114 valence electrons. The molecule has 2 aliphatic rings. The predicted octanol–water partition coefficient (Wildman–Crippen LogP) is -0.261. The predicted molar refractivity (Wildman–Crippen MR) is 74.6 cm³/mol. The molecule has 3 rings (SSSR count). The molecule has 2 aliphatic heterocycles. The molecule has 7 nitrogen and oxygen atoms in total. The number of piperidine rings is 1. The number of likely N-dealkylation sites (N-methyl/N-ethyl adjacent to an activating group) is 1. The van der Waals surface area contributed by atoms with Gasteiger partial charge in [-0.1, -0.05) is 0 Å². The summed E-state index contributed by atoms with van der Waals surface area (Å²) < 4.78 is 7.30. The molecule has 0 aromatic carbocycles. The van der Waals surface area contributed by atoms with Crippen molar-refractivity contribution in [3.8, 4) is 0 Å². The van der Waals surface area contributed by atoms with Crippen LogP contribution in [-0.2, 0) is 16.6 Å². The van der Waals surface area contributed by atoms with Gasteiger partial charge in [-0.05, 0) is 12.5 Å². The molecular formula is C14H20N4O3. The van der Waals surface area contributed by atoms with Crippen LogP contribution in [0.3, 0.4) is 0 Å². The number of carbonyl (C=O) groups excluding carboxylic acids is 2. The topological polar surface area (TPSA) is 67.7 Å². The lowest BCUT2D eigenvalue weighted by atomic mass is 9.94. The molecule has 0 spiro atoms. The van der Waals surface area contributed by atoms with E-state index in [-0.39, 0.29) is 30.4 Å². The van der Waals surface area contributed by atoms with Crippen LogP contribution in [-0.4, -0.2) is 70.8 Å². The maximum atomic E-state index is 12.4. The highest BCUT2D eigenvalue weighted by Crippen LogP contribution is 2.24. The molecular weight excluding hydrogens is 272 g/mol. The highest BCUT2D eigenvalue weighted by Gasteiger charge is 2.36. The minimum absolute atomic E-state index is 0.00648. The van der Waals surface area contributed by atoms with Gasteiger partial charge in [-0.3, -0.25) is 14.3 Å². The first-order valence-electron chi connectivity index (χ1n) is 7.19. The van der Waals surface area contributed by atoms with E-state index in [1.807, 2.05) is 4.90 Å². The van der Waals surface area contributed by atoms with E-state index < -0.39 is 0 Å². The molecule has 3 heterocycles. The van der Waals surface area contributed by atoms with Crippen molar-refractivity contribution in [3.05, 3.63) is 18.0 Å². The van der Waals surface area contributed by atoms with E-state index in [0.29, 0.717) is 25.3 Å². The minimum Gasteiger partial charge on any atom is -0.368 e. The van der Waals surface area contributed by atoms with E-state index in [2.05, 4.69) is 5.10 Å². The molecule has 21 heavy (non-hydrogen) atoms. The number of aryl methyl sites for hydroxylation is 1. The maximum Gasteiger partial charge on any atom is 0.274 e. The Morgan fingerprint density at radius 3 is 2.90 bits per heavy atom. The van der Waals surface area contributed by atoms with Crippen LogP contribution in [0.25, 0.3) is 0 Å². The Bertz CT molecular complexity index is 556. The van der Waals surface area contributed by atoms with Crippen molar-refractivity contribution in [2.45, 2.75) is 12.5 Å². The quantitative estimate of drug-likeness (QED) is 0.715. The van der Waals surface area contributed by atoms with Crippen molar-refractivity contribution in [2.24, 2.45) is 13.0 Å². The summed E-state index contributed by atoms with van der Waals surface area (Å²) in [7, 11) is 3.58. The normalized spacial score (nSPS) is 26.5. The zero-order valence-corrected chi connectivity index (χ0v) is 12.4. The Morgan fingerprint density at radius 2 is 2.19 bits per heavy atom. The maximum absolute atomic E-state index is 12.4. The number of hydrogen-bond donors (Lipinski definition) is 0. The van der Waals surface area contributed by atoms with Gasteiger partial charge >= 0.3 is 0 Å². The van der Waals surface area contributed by atoms with Gasteiger partial charge in [0.2, 0.25) is 5.91 Å².